The fourth-order valence-electron chi connectivity index (χ4n) is 1.27. The van der Waals surface area contributed by atoms with Crippen LogP contribution < -0.4 is 15.4 Å². The molecule has 1 aromatic rings. The quantitative estimate of drug-likeness (QED) is 0.729. The largest absolute Gasteiger partial charge is 0.467 e. The minimum Gasteiger partial charge on any atom is -0.467 e. The Kier molecular flexibility index (Phi) is 5.70. The minimum atomic E-state index is -3.19. The van der Waals surface area contributed by atoms with Gasteiger partial charge < -0.3 is 15.4 Å². The van der Waals surface area contributed by atoms with Gasteiger partial charge in [0.05, 0.1) is 11.9 Å². The van der Waals surface area contributed by atoms with E-state index in [4.69, 9.17) is 4.74 Å². The summed E-state index contributed by atoms with van der Waals surface area (Å²) in [5.41, 5.74) is 0. The maximum absolute atomic E-state index is 11.7. The average molecular weight is 317 g/mol. The minimum absolute atomic E-state index is 0.170. The predicted octanol–water partition coefficient (Wildman–Crippen LogP) is 0.937. The van der Waals surface area contributed by atoms with E-state index in [1.54, 1.807) is 13.8 Å². The average Bonchev–Trinajstić information content (AvgIpc) is 2.41. The van der Waals surface area contributed by atoms with Crippen LogP contribution in [0.25, 0.3) is 0 Å². The van der Waals surface area contributed by atoms with Gasteiger partial charge in [0.15, 0.2) is 9.84 Å². The van der Waals surface area contributed by atoms with Gasteiger partial charge in [-0.15, -0.1) is 0 Å². The Bertz CT molecular complexity index is 574. The molecular formula is C12H23N5O3S. The van der Waals surface area contributed by atoms with Gasteiger partial charge in [-0.05, 0) is 20.3 Å². The molecule has 0 aliphatic rings. The highest BCUT2D eigenvalue weighted by molar-refractivity contribution is 7.92. The first-order chi connectivity index (χ1) is 9.69. The molecule has 120 valence electrons. The second kappa shape index (κ2) is 6.88. The van der Waals surface area contributed by atoms with E-state index in [9.17, 15) is 8.42 Å². The molecule has 0 radical (unpaired) electrons. The summed E-state index contributed by atoms with van der Waals surface area (Å²) in [6.07, 6.45) is 2.13. The zero-order chi connectivity index (χ0) is 16.1. The van der Waals surface area contributed by atoms with Crippen LogP contribution in [0.2, 0.25) is 0 Å². The maximum atomic E-state index is 11.7. The Labute approximate surface area is 125 Å². The standard InChI is InChI=1S/C12H23N5O3S/c1-6-7-13-9-15-10(17-11(16-9)20-4)14-8-12(2,3)21(5,18)19/h6-8H2,1-5H3,(H2,13,14,15,16,17). The van der Waals surface area contributed by atoms with E-state index in [1.165, 1.54) is 13.4 Å². The van der Waals surface area contributed by atoms with E-state index in [0.29, 0.717) is 5.95 Å². The van der Waals surface area contributed by atoms with Crippen LogP contribution in [0.1, 0.15) is 27.2 Å². The fraction of sp³-hybridized carbons (Fsp3) is 0.750. The monoisotopic (exact) mass is 317 g/mol. The summed E-state index contributed by atoms with van der Waals surface area (Å²) in [4.78, 5) is 12.3. The van der Waals surface area contributed by atoms with Gasteiger partial charge >= 0.3 is 6.01 Å². The molecule has 0 unspecified atom stereocenters. The van der Waals surface area contributed by atoms with Gasteiger partial charge in [0.2, 0.25) is 11.9 Å². The highest BCUT2D eigenvalue weighted by Crippen LogP contribution is 2.17. The third-order valence-corrected chi connectivity index (χ3v) is 5.16. The van der Waals surface area contributed by atoms with E-state index in [-0.39, 0.29) is 18.5 Å². The van der Waals surface area contributed by atoms with E-state index in [2.05, 4.69) is 25.6 Å². The first-order valence-corrected chi connectivity index (χ1v) is 8.56. The van der Waals surface area contributed by atoms with Crippen molar-refractivity contribution < 1.29 is 13.2 Å². The van der Waals surface area contributed by atoms with Crippen LogP contribution in [0.5, 0.6) is 6.01 Å². The lowest BCUT2D eigenvalue weighted by Gasteiger charge is -2.22. The molecule has 0 fully saturated rings. The van der Waals surface area contributed by atoms with Crippen molar-refractivity contribution in [1.29, 1.82) is 0 Å². The van der Waals surface area contributed by atoms with Crippen LogP contribution in [0.3, 0.4) is 0 Å². The Balaban J connectivity index is 2.87. The topological polar surface area (TPSA) is 106 Å². The highest BCUT2D eigenvalue weighted by Gasteiger charge is 2.30. The molecule has 0 spiro atoms. The lowest BCUT2D eigenvalue weighted by atomic mass is 10.2. The van der Waals surface area contributed by atoms with Gasteiger partial charge in [0, 0.05) is 19.3 Å². The number of methoxy groups -OCH3 is 1. The van der Waals surface area contributed by atoms with Gasteiger partial charge in [-0.3, -0.25) is 0 Å². The van der Waals surface area contributed by atoms with E-state index in [0.717, 1.165) is 13.0 Å². The molecule has 1 aromatic heterocycles. The van der Waals surface area contributed by atoms with Crippen LogP contribution in [0.4, 0.5) is 11.9 Å². The number of rotatable bonds is 8. The molecule has 9 heteroatoms. The molecule has 0 aliphatic heterocycles. The number of sulfone groups is 1. The van der Waals surface area contributed by atoms with Gasteiger partial charge in [-0.2, -0.15) is 15.0 Å². The highest BCUT2D eigenvalue weighted by atomic mass is 32.2. The zero-order valence-electron chi connectivity index (χ0n) is 13.1. The van der Waals surface area contributed by atoms with Crippen molar-refractivity contribution in [1.82, 2.24) is 15.0 Å². The Hall–Kier alpha value is -1.64. The van der Waals surface area contributed by atoms with Gasteiger partial charge in [0.25, 0.3) is 0 Å². The summed E-state index contributed by atoms with van der Waals surface area (Å²) in [7, 11) is -1.73. The number of hydrogen-bond donors (Lipinski definition) is 2. The second-order valence-corrected chi connectivity index (χ2v) is 7.93. The summed E-state index contributed by atoms with van der Waals surface area (Å²) in [6.45, 7) is 6.22. The summed E-state index contributed by atoms with van der Waals surface area (Å²) in [5, 5.41) is 5.96. The molecule has 1 heterocycles. The number of nitrogens with zero attached hydrogens (tertiary/aromatic N) is 3. The van der Waals surface area contributed by atoms with Gasteiger partial charge in [0.1, 0.15) is 0 Å². The smallest absolute Gasteiger partial charge is 0.322 e. The number of ether oxygens (including phenoxy) is 1. The Morgan fingerprint density at radius 2 is 1.71 bits per heavy atom. The van der Waals surface area contributed by atoms with Crippen molar-refractivity contribution in [3.8, 4) is 6.01 Å². The van der Waals surface area contributed by atoms with Crippen LogP contribution in [-0.2, 0) is 9.84 Å². The molecule has 2 N–H and O–H groups in total. The predicted molar refractivity (Wildman–Crippen MR) is 82.6 cm³/mol. The van der Waals surface area contributed by atoms with Gasteiger partial charge in [-0.25, -0.2) is 8.42 Å². The second-order valence-electron chi connectivity index (χ2n) is 5.28. The molecule has 0 aromatic carbocycles. The van der Waals surface area contributed by atoms with E-state index in [1.807, 2.05) is 6.92 Å². The summed E-state index contributed by atoms with van der Waals surface area (Å²) in [5.74, 6) is 0.667. The molecule has 0 aliphatic carbocycles. The van der Waals surface area contributed by atoms with Gasteiger partial charge in [-0.1, -0.05) is 6.92 Å². The van der Waals surface area contributed by atoms with Crippen molar-refractivity contribution in [3.63, 3.8) is 0 Å². The molecule has 0 amide bonds. The van der Waals surface area contributed by atoms with E-state index >= 15 is 0 Å². The number of anilines is 2. The summed E-state index contributed by atoms with van der Waals surface area (Å²) in [6, 6.07) is 0.170. The maximum Gasteiger partial charge on any atom is 0.322 e. The normalized spacial score (nSPS) is 12.0. The molecule has 0 bridgehead atoms. The molecule has 1 rings (SSSR count). The summed E-state index contributed by atoms with van der Waals surface area (Å²) < 4.78 is 27.4. The fourth-order valence-corrected chi connectivity index (χ4v) is 1.60. The van der Waals surface area contributed by atoms with Crippen LogP contribution in [0, 0.1) is 0 Å². The van der Waals surface area contributed by atoms with Crippen molar-refractivity contribution in [2.45, 2.75) is 31.9 Å². The molecule has 0 saturated carbocycles. The van der Waals surface area contributed by atoms with E-state index < -0.39 is 14.6 Å². The van der Waals surface area contributed by atoms with Crippen LogP contribution in [0.15, 0.2) is 0 Å². The zero-order valence-corrected chi connectivity index (χ0v) is 13.9. The molecule has 8 nitrogen and oxygen atoms in total. The first-order valence-electron chi connectivity index (χ1n) is 6.67. The molecule has 21 heavy (non-hydrogen) atoms. The lowest BCUT2D eigenvalue weighted by Crippen LogP contribution is -2.38. The first kappa shape index (κ1) is 17.4. The summed E-state index contributed by atoms with van der Waals surface area (Å²) >= 11 is 0. The molecule has 0 atom stereocenters. The Morgan fingerprint density at radius 1 is 1.14 bits per heavy atom. The Morgan fingerprint density at radius 3 is 2.19 bits per heavy atom. The third kappa shape index (κ3) is 5.00. The SMILES string of the molecule is CCCNc1nc(NCC(C)(C)S(C)(=O)=O)nc(OC)n1. The number of nitrogens with one attached hydrogen (secondary N) is 2. The number of aromatic nitrogens is 3. The number of hydrogen-bond acceptors (Lipinski definition) is 8. The third-order valence-electron chi connectivity index (χ3n) is 3.01. The van der Waals surface area contributed by atoms with Crippen molar-refractivity contribution >= 4 is 21.7 Å². The lowest BCUT2D eigenvalue weighted by molar-refractivity contribution is 0.379. The van der Waals surface area contributed by atoms with Crippen LogP contribution in [-0.4, -0.2) is 54.6 Å². The molecule has 0 saturated heterocycles. The van der Waals surface area contributed by atoms with Crippen LogP contribution >= 0.6 is 0 Å². The van der Waals surface area contributed by atoms with Crippen molar-refractivity contribution in [3.05, 3.63) is 0 Å². The van der Waals surface area contributed by atoms with Crippen molar-refractivity contribution in [2.75, 3.05) is 37.1 Å². The molecular weight excluding hydrogens is 294 g/mol. The van der Waals surface area contributed by atoms with Crippen molar-refractivity contribution in [2.24, 2.45) is 0 Å².